The molecule has 2 unspecified atom stereocenters. The Labute approximate surface area is 102 Å². The van der Waals surface area contributed by atoms with Gasteiger partial charge in [-0.3, -0.25) is 4.68 Å². The van der Waals surface area contributed by atoms with E-state index in [-0.39, 0.29) is 0 Å². The van der Waals surface area contributed by atoms with Gasteiger partial charge in [0.15, 0.2) is 0 Å². The van der Waals surface area contributed by atoms with Gasteiger partial charge >= 0.3 is 0 Å². The minimum atomic E-state index is 0.671. The van der Waals surface area contributed by atoms with E-state index in [2.05, 4.69) is 53.9 Å². The molecule has 0 bridgehead atoms. The van der Waals surface area contributed by atoms with Crippen molar-refractivity contribution in [2.24, 2.45) is 13.0 Å². The molecule has 3 nitrogen and oxygen atoms in total. The van der Waals surface area contributed by atoms with E-state index < -0.39 is 0 Å². The van der Waals surface area contributed by atoms with Crippen molar-refractivity contribution in [3.63, 3.8) is 0 Å². The fourth-order valence-electron chi connectivity index (χ4n) is 2.32. The zero-order chi connectivity index (χ0) is 11.5. The third-order valence-corrected chi connectivity index (χ3v) is 4.69. The molecule has 90 valence electrons. The highest BCUT2D eigenvalue weighted by Crippen LogP contribution is 2.27. The fourth-order valence-corrected chi connectivity index (χ4v) is 3.80. The molecule has 16 heavy (non-hydrogen) atoms. The van der Waals surface area contributed by atoms with Crippen LogP contribution in [0.15, 0.2) is 6.07 Å². The average Bonchev–Trinajstić information content (AvgIpc) is 2.86. The summed E-state index contributed by atoms with van der Waals surface area (Å²) in [6.45, 7) is 2.16. The molecule has 0 aromatic carbocycles. The monoisotopic (exact) mass is 239 g/mol. The smallest absolute Gasteiger partial charge is 0.0624 e. The van der Waals surface area contributed by atoms with Gasteiger partial charge < -0.3 is 5.32 Å². The number of aryl methyl sites for hydroxylation is 2. The maximum Gasteiger partial charge on any atom is 0.0624 e. The van der Waals surface area contributed by atoms with Gasteiger partial charge in [-0.25, -0.2) is 0 Å². The molecule has 2 rings (SSSR count). The van der Waals surface area contributed by atoms with Gasteiger partial charge in [-0.1, -0.05) is 6.92 Å². The molecule has 0 spiro atoms. The molecular weight excluding hydrogens is 218 g/mol. The number of hydrogen-bond donors (Lipinski definition) is 1. The molecule has 1 fully saturated rings. The van der Waals surface area contributed by atoms with Crippen molar-refractivity contribution in [3.05, 3.63) is 17.5 Å². The molecule has 1 aromatic rings. The molecule has 1 aromatic heterocycles. The minimum Gasteiger partial charge on any atom is -0.316 e. The Morgan fingerprint density at radius 2 is 2.38 bits per heavy atom. The van der Waals surface area contributed by atoms with E-state index in [1.807, 2.05) is 0 Å². The molecule has 2 atom stereocenters. The Hall–Kier alpha value is -0.480. The van der Waals surface area contributed by atoms with E-state index in [1.165, 1.54) is 22.9 Å². The molecule has 1 N–H and O–H groups in total. The summed E-state index contributed by atoms with van der Waals surface area (Å²) in [5, 5.41) is 7.94. The lowest BCUT2D eigenvalue weighted by molar-refractivity contribution is 0.442. The second kappa shape index (κ2) is 5.23. The van der Waals surface area contributed by atoms with Crippen LogP contribution >= 0.6 is 11.8 Å². The molecule has 0 aliphatic carbocycles. The first-order valence-electron chi connectivity index (χ1n) is 6.01. The van der Waals surface area contributed by atoms with Gasteiger partial charge in [-0.15, -0.1) is 0 Å². The lowest BCUT2D eigenvalue weighted by Crippen LogP contribution is -2.33. The number of rotatable bonds is 4. The van der Waals surface area contributed by atoms with Crippen LogP contribution in [0.5, 0.6) is 0 Å². The fraction of sp³-hybridized carbons (Fsp3) is 0.750. The van der Waals surface area contributed by atoms with Crippen molar-refractivity contribution < 1.29 is 0 Å². The Morgan fingerprint density at radius 1 is 1.56 bits per heavy atom. The van der Waals surface area contributed by atoms with Gasteiger partial charge in [0.1, 0.15) is 0 Å². The van der Waals surface area contributed by atoms with Crippen LogP contribution in [0.25, 0.3) is 0 Å². The quantitative estimate of drug-likeness (QED) is 0.863. The van der Waals surface area contributed by atoms with Crippen molar-refractivity contribution in [1.82, 2.24) is 15.1 Å². The summed E-state index contributed by atoms with van der Waals surface area (Å²) in [5.74, 6) is 3.28. The predicted octanol–water partition coefficient (Wildman–Crippen LogP) is 1.48. The Balaban J connectivity index is 2.05. The summed E-state index contributed by atoms with van der Waals surface area (Å²) in [7, 11) is 4.13. The zero-order valence-electron chi connectivity index (χ0n) is 10.4. The summed E-state index contributed by atoms with van der Waals surface area (Å²) in [6.07, 6.45) is 2.19. The third kappa shape index (κ3) is 2.43. The van der Waals surface area contributed by atoms with Gasteiger partial charge in [0.25, 0.3) is 0 Å². The predicted molar refractivity (Wildman–Crippen MR) is 70.0 cm³/mol. The van der Waals surface area contributed by atoms with Crippen LogP contribution in [0, 0.1) is 5.92 Å². The molecule has 1 aliphatic rings. The van der Waals surface area contributed by atoms with Crippen LogP contribution in [0.3, 0.4) is 0 Å². The van der Waals surface area contributed by atoms with E-state index in [0.29, 0.717) is 6.04 Å². The highest BCUT2D eigenvalue weighted by Gasteiger charge is 2.27. The number of thioether (sulfide) groups is 1. The van der Waals surface area contributed by atoms with Crippen LogP contribution in [0.2, 0.25) is 0 Å². The highest BCUT2D eigenvalue weighted by molar-refractivity contribution is 7.99. The van der Waals surface area contributed by atoms with Crippen LogP contribution in [0.4, 0.5) is 0 Å². The normalized spacial score (nSPS) is 25.2. The summed E-state index contributed by atoms with van der Waals surface area (Å²) in [5.41, 5.74) is 2.59. The molecule has 0 radical (unpaired) electrons. The standard InChI is InChI=1S/C12H21N3S/c1-4-10-6-11(15(3)14-10)5-9-7-16-8-12(9)13-2/h6,9,12-13H,4-5,7-8H2,1-3H3. The molecule has 2 heterocycles. The van der Waals surface area contributed by atoms with Crippen LogP contribution < -0.4 is 5.32 Å². The maximum absolute atomic E-state index is 4.51. The molecule has 0 amide bonds. The number of hydrogen-bond acceptors (Lipinski definition) is 3. The van der Waals surface area contributed by atoms with E-state index >= 15 is 0 Å². The van der Waals surface area contributed by atoms with Crippen LogP contribution in [-0.4, -0.2) is 34.4 Å². The lowest BCUT2D eigenvalue weighted by Gasteiger charge is -2.17. The second-order valence-electron chi connectivity index (χ2n) is 4.50. The first-order chi connectivity index (χ1) is 7.74. The van der Waals surface area contributed by atoms with Crippen molar-refractivity contribution in [2.75, 3.05) is 18.6 Å². The first-order valence-corrected chi connectivity index (χ1v) is 7.16. The molecular formula is C12H21N3S. The SMILES string of the molecule is CCc1cc(CC2CSCC2NC)n(C)n1. The van der Waals surface area contributed by atoms with E-state index in [0.717, 1.165) is 18.8 Å². The minimum absolute atomic E-state index is 0.671. The maximum atomic E-state index is 4.51. The Kier molecular flexibility index (Phi) is 3.92. The molecule has 1 saturated heterocycles. The van der Waals surface area contributed by atoms with Gasteiger partial charge in [0.2, 0.25) is 0 Å². The number of nitrogens with one attached hydrogen (secondary N) is 1. The zero-order valence-corrected chi connectivity index (χ0v) is 11.2. The summed E-state index contributed by atoms with van der Waals surface area (Å²) >= 11 is 2.06. The molecule has 1 aliphatic heterocycles. The molecule has 0 saturated carbocycles. The molecule has 4 heteroatoms. The highest BCUT2D eigenvalue weighted by atomic mass is 32.2. The van der Waals surface area contributed by atoms with Crippen molar-refractivity contribution in [3.8, 4) is 0 Å². The first kappa shape index (κ1) is 12.0. The summed E-state index contributed by atoms with van der Waals surface area (Å²) in [6, 6.07) is 2.93. The summed E-state index contributed by atoms with van der Waals surface area (Å²) in [4.78, 5) is 0. The van der Waals surface area contributed by atoms with Crippen LogP contribution in [0.1, 0.15) is 18.3 Å². The second-order valence-corrected chi connectivity index (χ2v) is 5.58. The van der Waals surface area contributed by atoms with E-state index in [1.54, 1.807) is 0 Å². The Morgan fingerprint density at radius 3 is 3.00 bits per heavy atom. The van der Waals surface area contributed by atoms with Crippen molar-refractivity contribution >= 4 is 11.8 Å². The number of nitrogens with zero attached hydrogens (tertiary/aromatic N) is 2. The third-order valence-electron chi connectivity index (χ3n) is 3.43. The van der Waals surface area contributed by atoms with E-state index in [9.17, 15) is 0 Å². The van der Waals surface area contributed by atoms with Crippen molar-refractivity contribution in [1.29, 1.82) is 0 Å². The largest absolute Gasteiger partial charge is 0.316 e. The van der Waals surface area contributed by atoms with Gasteiger partial charge in [-0.2, -0.15) is 16.9 Å². The van der Waals surface area contributed by atoms with Gasteiger partial charge in [-0.05, 0) is 37.6 Å². The topological polar surface area (TPSA) is 29.9 Å². The van der Waals surface area contributed by atoms with Crippen molar-refractivity contribution in [2.45, 2.75) is 25.8 Å². The summed E-state index contributed by atoms with van der Waals surface area (Å²) < 4.78 is 2.05. The average molecular weight is 239 g/mol. The van der Waals surface area contributed by atoms with Crippen LogP contribution in [-0.2, 0) is 19.9 Å². The Bertz CT molecular complexity index is 348. The lowest BCUT2D eigenvalue weighted by atomic mass is 9.98. The van der Waals surface area contributed by atoms with Gasteiger partial charge in [0, 0.05) is 24.5 Å². The van der Waals surface area contributed by atoms with Gasteiger partial charge in [0.05, 0.1) is 5.69 Å². The van der Waals surface area contributed by atoms with E-state index in [4.69, 9.17) is 0 Å². The number of aromatic nitrogens is 2.